The molecule has 7 heteroatoms. The summed E-state index contributed by atoms with van der Waals surface area (Å²) in [6.45, 7) is 2.97. The van der Waals surface area contributed by atoms with Crippen LogP contribution in [-0.4, -0.2) is 50.8 Å². The van der Waals surface area contributed by atoms with E-state index in [2.05, 4.69) is 4.90 Å². The van der Waals surface area contributed by atoms with Gasteiger partial charge in [0.15, 0.2) is 0 Å². The third kappa shape index (κ3) is 2.90. The first-order valence-electron chi connectivity index (χ1n) is 6.82. The van der Waals surface area contributed by atoms with Gasteiger partial charge in [-0.1, -0.05) is 0 Å². The second-order valence-corrected chi connectivity index (χ2v) is 7.34. The van der Waals surface area contributed by atoms with E-state index in [1.807, 2.05) is 14.1 Å². The maximum atomic E-state index is 12.6. The molecule has 2 heterocycles. The first kappa shape index (κ1) is 15.5. The minimum Gasteiger partial charge on any atom is -0.464 e. The fraction of sp³-hybridized carbons (Fsp3) is 0.692. The van der Waals surface area contributed by atoms with Gasteiger partial charge in [0, 0.05) is 25.2 Å². The van der Waals surface area contributed by atoms with Crippen LogP contribution in [0.1, 0.15) is 24.4 Å². The van der Waals surface area contributed by atoms with Crippen molar-refractivity contribution in [3.63, 3.8) is 0 Å². The van der Waals surface area contributed by atoms with Crippen LogP contribution in [0.4, 0.5) is 0 Å². The van der Waals surface area contributed by atoms with E-state index < -0.39 is 10.0 Å². The molecule has 20 heavy (non-hydrogen) atoms. The number of hydrogen-bond acceptors (Lipinski definition) is 5. The topological polar surface area (TPSA) is 79.8 Å². The number of hydrogen-bond donors (Lipinski definition) is 1. The molecule has 0 saturated carbocycles. The SMILES string of the molecule is Cc1oc(CN)cc1S(=O)(=O)N1CCC(N(C)C)CC1. The predicted molar refractivity (Wildman–Crippen MR) is 76.8 cm³/mol. The van der Waals surface area contributed by atoms with Crippen molar-refractivity contribution in [1.82, 2.24) is 9.21 Å². The summed E-state index contributed by atoms with van der Waals surface area (Å²) < 4.78 is 32.2. The summed E-state index contributed by atoms with van der Waals surface area (Å²) in [7, 11) is 0.595. The van der Waals surface area contributed by atoms with Gasteiger partial charge in [0.05, 0.1) is 6.54 Å². The van der Waals surface area contributed by atoms with E-state index in [-0.39, 0.29) is 11.4 Å². The Morgan fingerprint density at radius 3 is 2.45 bits per heavy atom. The Morgan fingerprint density at radius 2 is 2.00 bits per heavy atom. The highest BCUT2D eigenvalue weighted by Crippen LogP contribution is 2.26. The van der Waals surface area contributed by atoms with Crippen molar-refractivity contribution in [2.45, 2.75) is 37.2 Å². The molecule has 0 atom stereocenters. The second kappa shape index (κ2) is 5.85. The van der Waals surface area contributed by atoms with Gasteiger partial charge in [-0.05, 0) is 33.9 Å². The van der Waals surface area contributed by atoms with E-state index in [4.69, 9.17) is 10.2 Å². The number of sulfonamides is 1. The lowest BCUT2D eigenvalue weighted by Gasteiger charge is -2.34. The van der Waals surface area contributed by atoms with Crippen LogP contribution in [0.3, 0.4) is 0 Å². The Labute approximate surface area is 120 Å². The molecule has 0 unspecified atom stereocenters. The third-order valence-corrected chi connectivity index (χ3v) is 5.90. The molecular weight excluding hydrogens is 278 g/mol. The Kier molecular flexibility index (Phi) is 4.53. The van der Waals surface area contributed by atoms with Gasteiger partial charge >= 0.3 is 0 Å². The van der Waals surface area contributed by atoms with Gasteiger partial charge in [0.1, 0.15) is 16.4 Å². The van der Waals surface area contributed by atoms with E-state index in [0.29, 0.717) is 30.7 Å². The second-order valence-electron chi connectivity index (χ2n) is 5.44. The zero-order valence-electron chi connectivity index (χ0n) is 12.3. The van der Waals surface area contributed by atoms with Crippen LogP contribution < -0.4 is 5.73 Å². The Balaban J connectivity index is 2.17. The number of nitrogens with zero attached hydrogens (tertiary/aromatic N) is 2. The largest absolute Gasteiger partial charge is 0.464 e. The predicted octanol–water partition coefficient (Wildman–Crippen LogP) is 0.761. The van der Waals surface area contributed by atoms with Crippen LogP contribution in [0.2, 0.25) is 0 Å². The van der Waals surface area contributed by atoms with Crippen LogP contribution in [0.5, 0.6) is 0 Å². The van der Waals surface area contributed by atoms with Crippen molar-refractivity contribution in [1.29, 1.82) is 0 Å². The fourth-order valence-corrected chi connectivity index (χ4v) is 4.27. The highest BCUT2D eigenvalue weighted by Gasteiger charge is 2.32. The molecule has 0 aliphatic carbocycles. The summed E-state index contributed by atoms with van der Waals surface area (Å²) >= 11 is 0. The fourth-order valence-electron chi connectivity index (χ4n) is 2.62. The minimum atomic E-state index is -3.47. The molecule has 0 amide bonds. The van der Waals surface area contributed by atoms with Crippen molar-refractivity contribution in [2.75, 3.05) is 27.2 Å². The molecule has 6 nitrogen and oxygen atoms in total. The summed E-state index contributed by atoms with van der Waals surface area (Å²) in [6.07, 6.45) is 1.71. The molecule has 2 N–H and O–H groups in total. The minimum absolute atomic E-state index is 0.207. The zero-order valence-corrected chi connectivity index (χ0v) is 13.1. The zero-order chi connectivity index (χ0) is 14.9. The Hall–Kier alpha value is -0.890. The molecule has 0 aromatic carbocycles. The van der Waals surface area contributed by atoms with Gasteiger partial charge in [0.25, 0.3) is 0 Å². The molecule has 0 spiro atoms. The first-order chi connectivity index (χ1) is 9.36. The van der Waals surface area contributed by atoms with E-state index in [0.717, 1.165) is 12.8 Å². The molecule has 1 aliphatic heterocycles. The summed E-state index contributed by atoms with van der Waals surface area (Å²) in [5.41, 5.74) is 5.50. The van der Waals surface area contributed by atoms with Gasteiger partial charge in [0.2, 0.25) is 10.0 Å². The Bertz CT molecular complexity index is 557. The quantitative estimate of drug-likeness (QED) is 0.888. The van der Waals surface area contributed by atoms with Gasteiger partial charge in [-0.3, -0.25) is 0 Å². The highest BCUT2D eigenvalue weighted by molar-refractivity contribution is 7.89. The summed E-state index contributed by atoms with van der Waals surface area (Å²) in [6, 6.07) is 1.99. The lowest BCUT2D eigenvalue weighted by Crippen LogP contribution is -2.44. The van der Waals surface area contributed by atoms with Crippen LogP contribution in [-0.2, 0) is 16.6 Å². The maximum Gasteiger partial charge on any atom is 0.246 e. The van der Waals surface area contributed by atoms with Crippen LogP contribution in [0.25, 0.3) is 0 Å². The molecule has 114 valence electrons. The molecule has 1 fully saturated rings. The number of piperidine rings is 1. The normalized spacial score (nSPS) is 18.9. The Morgan fingerprint density at radius 1 is 1.40 bits per heavy atom. The summed E-state index contributed by atoms with van der Waals surface area (Å²) in [4.78, 5) is 2.40. The molecule has 1 saturated heterocycles. The monoisotopic (exact) mass is 301 g/mol. The van der Waals surface area contributed by atoms with Crippen LogP contribution in [0, 0.1) is 6.92 Å². The van der Waals surface area contributed by atoms with Gasteiger partial charge in [-0.25, -0.2) is 8.42 Å². The first-order valence-corrected chi connectivity index (χ1v) is 8.26. The molecule has 1 aromatic heterocycles. The van der Waals surface area contributed by atoms with Gasteiger partial charge in [-0.15, -0.1) is 0 Å². The molecule has 0 bridgehead atoms. The van der Waals surface area contributed by atoms with Crippen molar-refractivity contribution < 1.29 is 12.8 Å². The standard InChI is InChI=1S/C13H23N3O3S/c1-10-13(8-12(9-14)19-10)20(17,18)16-6-4-11(5-7-16)15(2)3/h8,11H,4-7,9,14H2,1-3H3. The average Bonchev–Trinajstić information content (AvgIpc) is 2.81. The van der Waals surface area contributed by atoms with E-state index in [9.17, 15) is 8.42 Å². The van der Waals surface area contributed by atoms with E-state index in [1.165, 1.54) is 0 Å². The molecule has 1 aliphatic rings. The number of furan rings is 1. The van der Waals surface area contributed by atoms with Gasteiger partial charge in [-0.2, -0.15) is 4.31 Å². The van der Waals surface area contributed by atoms with Crippen molar-refractivity contribution in [2.24, 2.45) is 5.73 Å². The van der Waals surface area contributed by atoms with E-state index >= 15 is 0 Å². The van der Waals surface area contributed by atoms with Gasteiger partial charge < -0.3 is 15.1 Å². The summed E-state index contributed by atoms with van der Waals surface area (Å²) in [5.74, 6) is 0.921. The molecule has 1 aromatic rings. The lowest BCUT2D eigenvalue weighted by atomic mass is 10.1. The third-order valence-electron chi connectivity index (χ3n) is 3.90. The molecule has 0 radical (unpaired) electrons. The van der Waals surface area contributed by atoms with Crippen molar-refractivity contribution in [3.05, 3.63) is 17.6 Å². The smallest absolute Gasteiger partial charge is 0.246 e. The molecular formula is C13H23N3O3S. The van der Waals surface area contributed by atoms with Crippen LogP contribution >= 0.6 is 0 Å². The van der Waals surface area contributed by atoms with Crippen molar-refractivity contribution >= 4 is 10.0 Å². The van der Waals surface area contributed by atoms with Crippen molar-refractivity contribution in [3.8, 4) is 0 Å². The number of rotatable bonds is 4. The number of nitrogens with two attached hydrogens (primary N) is 1. The van der Waals surface area contributed by atoms with Crippen LogP contribution in [0.15, 0.2) is 15.4 Å². The maximum absolute atomic E-state index is 12.6. The molecule has 2 rings (SSSR count). The highest BCUT2D eigenvalue weighted by atomic mass is 32.2. The lowest BCUT2D eigenvalue weighted by molar-refractivity contribution is 0.196. The average molecular weight is 301 g/mol. The van der Waals surface area contributed by atoms with E-state index in [1.54, 1.807) is 17.3 Å². The summed E-state index contributed by atoms with van der Waals surface area (Å²) in [5, 5.41) is 0. The number of aryl methyl sites for hydroxylation is 1.